The van der Waals surface area contributed by atoms with Crippen LogP contribution < -0.4 is 15.1 Å². The van der Waals surface area contributed by atoms with Crippen LogP contribution >= 0.6 is 0 Å². The number of ether oxygens (including phenoxy) is 3. The van der Waals surface area contributed by atoms with Crippen molar-refractivity contribution in [3.05, 3.63) is 41.5 Å². The second kappa shape index (κ2) is 10.2. The molecule has 0 atom stereocenters. The number of hydrazone groups is 1. The fourth-order valence-electron chi connectivity index (χ4n) is 4.23. The lowest BCUT2D eigenvalue weighted by atomic mass is 10.1. The molecule has 9 heteroatoms. The molecule has 1 aromatic carbocycles. The standard InChI is InChI=1S/C23H30N6O3/c1-2-4-19-18(3-1)5-6-20(19)26-27-21-17-22(29-10-14-31-15-11-29)25-23(24-21)32-16-9-28-7-12-30-13-8-28/h1-4,17H,5-16H2,(H,24,25,27)/b26-20-. The van der Waals surface area contributed by atoms with Gasteiger partial charge in [0.05, 0.1) is 32.1 Å². The van der Waals surface area contributed by atoms with Gasteiger partial charge in [-0.15, -0.1) is 0 Å². The molecular formula is C23H30N6O3. The Kier molecular flexibility index (Phi) is 6.76. The molecule has 0 radical (unpaired) electrons. The predicted octanol–water partition coefficient (Wildman–Crippen LogP) is 1.79. The Labute approximate surface area is 188 Å². The van der Waals surface area contributed by atoms with E-state index >= 15 is 0 Å². The number of aromatic nitrogens is 2. The summed E-state index contributed by atoms with van der Waals surface area (Å²) in [6.07, 6.45) is 1.95. The summed E-state index contributed by atoms with van der Waals surface area (Å²) in [6, 6.07) is 10.7. The highest BCUT2D eigenvalue weighted by Crippen LogP contribution is 2.24. The lowest BCUT2D eigenvalue weighted by Gasteiger charge is -2.28. The molecule has 1 N–H and O–H groups in total. The minimum atomic E-state index is 0.372. The molecule has 2 aromatic rings. The van der Waals surface area contributed by atoms with E-state index in [1.165, 1.54) is 11.1 Å². The maximum absolute atomic E-state index is 5.96. The zero-order valence-electron chi connectivity index (χ0n) is 18.3. The summed E-state index contributed by atoms with van der Waals surface area (Å²) < 4.78 is 16.9. The Balaban J connectivity index is 1.30. The van der Waals surface area contributed by atoms with E-state index in [4.69, 9.17) is 14.2 Å². The van der Waals surface area contributed by atoms with E-state index in [1.807, 2.05) is 6.07 Å². The number of nitrogens with zero attached hydrogens (tertiary/aromatic N) is 5. The fraction of sp³-hybridized carbons (Fsp3) is 0.522. The lowest BCUT2D eigenvalue weighted by molar-refractivity contribution is 0.0317. The van der Waals surface area contributed by atoms with Crippen molar-refractivity contribution in [2.24, 2.45) is 5.10 Å². The molecule has 2 saturated heterocycles. The number of aryl methyl sites for hydroxylation is 1. The summed E-state index contributed by atoms with van der Waals surface area (Å²) in [5, 5.41) is 4.67. The van der Waals surface area contributed by atoms with Crippen LogP contribution in [0.3, 0.4) is 0 Å². The Morgan fingerprint density at radius 3 is 2.59 bits per heavy atom. The molecule has 0 spiro atoms. The summed E-state index contributed by atoms with van der Waals surface area (Å²) >= 11 is 0. The first kappa shape index (κ1) is 21.1. The van der Waals surface area contributed by atoms with Crippen molar-refractivity contribution in [1.82, 2.24) is 14.9 Å². The Bertz CT molecular complexity index is 941. The molecule has 0 unspecified atom stereocenters. The van der Waals surface area contributed by atoms with Crippen LogP contribution in [0.4, 0.5) is 11.6 Å². The van der Waals surface area contributed by atoms with Crippen molar-refractivity contribution in [2.45, 2.75) is 12.8 Å². The van der Waals surface area contributed by atoms with Gasteiger partial charge < -0.3 is 19.1 Å². The summed E-state index contributed by atoms with van der Waals surface area (Å²) in [6.45, 7) is 7.77. The second-order valence-corrected chi connectivity index (χ2v) is 8.12. The number of fused-ring (bicyclic) bond motifs is 1. The van der Waals surface area contributed by atoms with E-state index in [0.717, 1.165) is 70.3 Å². The summed E-state index contributed by atoms with van der Waals surface area (Å²) in [5.74, 6) is 1.47. The van der Waals surface area contributed by atoms with Crippen LogP contribution in [0.2, 0.25) is 0 Å². The highest BCUT2D eigenvalue weighted by atomic mass is 16.5. The second-order valence-electron chi connectivity index (χ2n) is 8.12. The van der Waals surface area contributed by atoms with Crippen molar-refractivity contribution in [2.75, 3.05) is 76.1 Å². The van der Waals surface area contributed by atoms with E-state index in [0.29, 0.717) is 31.6 Å². The number of anilines is 2. The van der Waals surface area contributed by atoms with Gasteiger partial charge in [0.1, 0.15) is 12.4 Å². The predicted molar refractivity (Wildman–Crippen MR) is 123 cm³/mol. The van der Waals surface area contributed by atoms with Crippen LogP contribution in [-0.2, 0) is 15.9 Å². The van der Waals surface area contributed by atoms with Gasteiger partial charge in [0, 0.05) is 44.4 Å². The average molecular weight is 439 g/mol. The summed E-state index contributed by atoms with van der Waals surface area (Å²) in [4.78, 5) is 13.8. The number of benzene rings is 1. The molecule has 170 valence electrons. The average Bonchev–Trinajstić information content (AvgIpc) is 3.27. The maximum Gasteiger partial charge on any atom is 0.320 e. The van der Waals surface area contributed by atoms with Gasteiger partial charge >= 0.3 is 6.01 Å². The highest BCUT2D eigenvalue weighted by Gasteiger charge is 2.19. The van der Waals surface area contributed by atoms with Crippen LogP contribution in [0.25, 0.3) is 0 Å². The normalized spacial score (nSPS) is 20.4. The summed E-state index contributed by atoms with van der Waals surface area (Å²) in [7, 11) is 0. The topological polar surface area (TPSA) is 84.3 Å². The number of hydrogen-bond acceptors (Lipinski definition) is 9. The number of morpholine rings is 2. The smallest absolute Gasteiger partial charge is 0.320 e. The van der Waals surface area contributed by atoms with Gasteiger partial charge in [0.25, 0.3) is 0 Å². The molecule has 3 aliphatic rings. The largest absolute Gasteiger partial charge is 0.462 e. The van der Waals surface area contributed by atoms with Crippen LogP contribution in [0.15, 0.2) is 35.4 Å². The fourth-order valence-corrected chi connectivity index (χ4v) is 4.23. The molecule has 2 aliphatic heterocycles. The molecule has 3 heterocycles. The van der Waals surface area contributed by atoms with Crippen LogP contribution in [0.5, 0.6) is 6.01 Å². The first-order chi connectivity index (χ1) is 15.8. The van der Waals surface area contributed by atoms with Crippen molar-refractivity contribution >= 4 is 17.3 Å². The summed E-state index contributed by atoms with van der Waals surface area (Å²) in [5.41, 5.74) is 6.77. The minimum Gasteiger partial charge on any atom is -0.462 e. The molecule has 0 saturated carbocycles. The molecule has 9 nitrogen and oxygen atoms in total. The first-order valence-electron chi connectivity index (χ1n) is 11.4. The van der Waals surface area contributed by atoms with Gasteiger partial charge in [-0.2, -0.15) is 15.1 Å². The third-order valence-electron chi connectivity index (χ3n) is 6.03. The third kappa shape index (κ3) is 5.17. The molecule has 0 amide bonds. The molecule has 1 aromatic heterocycles. The van der Waals surface area contributed by atoms with Crippen molar-refractivity contribution in [1.29, 1.82) is 0 Å². The van der Waals surface area contributed by atoms with Crippen molar-refractivity contribution in [3.63, 3.8) is 0 Å². The molecule has 0 bridgehead atoms. The van der Waals surface area contributed by atoms with Gasteiger partial charge in [-0.25, -0.2) is 0 Å². The quantitative estimate of drug-likeness (QED) is 0.655. The highest BCUT2D eigenvalue weighted by molar-refractivity contribution is 6.04. The van der Waals surface area contributed by atoms with Crippen molar-refractivity contribution < 1.29 is 14.2 Å². The van der Waals surface area contributed by atoms with Crippen LogP contribution in [0, 0.1) is 0 Å². The van der Waals surface area contributed by atoms with E-state index < -0.39 is 0 Å². The lowest BCUT2D eigenvalue weighted by Crippen LogP contribution is -2.39. The van der Waals surface area contributed by atoms with E-state index in [-0.39, 0.29) is 0 Å². The van der Waals surface area contributed by atoms with E-state index in [1.54, 1.807) is 0 Å². The van der Waals surface area contributed by atoms with Crippen molar-refractivity contribution in [3.8, 4) is 6.01 Å². The van der Waals surface area contributed by atoms with Gasteiger partial charge in [0.15, 0.2) is 5.82 Å². The Morgan fingerprint density at radius 1 is 0.969 bits per heavy atom. The Hall–Kier alpha value is -2.75. The van der Waals surface area contributed by atoms with Gasteiger partial charge in [-0.3, -0.25) is 10.3 Å². The number of rotatable bonds is 7. The van der Waals surface area contributed by atoms with E-state index in [9.17, 15) is 0 Å². The van der Waals surface area contributed by atoms with Gasteiger partial charge in [0.2, 0.25) is 0 Å². The van der Waals surface area contributed by atoms with Crippen LogP contribution in [0.1, 0.15) is 17.5 Å². The molecule has 32 heavy (non-hydrogen) atoms. The molecule has 2 fully saturated rings. The Morgan fingerprint density at radius 2 is 1.75 bits per heavy atom. The molecule has 1 aliphatic carbocycles. The zero-order valence-corrected chi connectivity index (χ0v) is 18.3. The number of hydrogen-bond donors (Lipinski definition) is 1. The van der Waals surface area contributed by atoms with E-state index in [2.05, 4.69) is 54.6 Å². The molecular weight excluding hydrogens is 408 g/mol. The number of nitrogens with one attached hydrogen (secondary N) is 1. The van der Waals surface area contributed by atoms with Crippen LogP contribution in [-0.4, -0.2) is 86.3 Å². The third-order valence-corrected chi connectivity index (χ3v) is 6.03. The molecule has 5 rings (SSSR count). The minimum absolute atomic E-state index is 0.372. The monoisotopic (exact) mass is 438 g/mol. The SMILES string of the molecule is c1ccc2c(c1)CC/C2=N/Nc1cc(N2CCOCC2)nc(OCCN2CCOCC2)n1. The first-order valence-corrected chi connectivity index (χ1v) is 11.4. The maximum atomic E-state index is 5.96. The zero-order chi connectivity index (χ0) is 21.6. The van der Waals surface area contributed by atoms with Gasteiger partial charge in [-0.1, -0.05) is 24.3 Å². The van der Waals surface area contributed by atoms with Gasteiger partial charge in [-0.05, 0) is 18.4 Å².